The van der Waals surface area contributed by atoms with Gasteiger partial charge in [-0.15, -0.1) is 0 Å². The number of carbonyl (C=O) groups excluding carboxylic acids is 1. The van der Waals surface area contributed by atoms with Crippen LogP contribution in [0.15, 0.2) is 18.2 Å². The number of hydrogen-bond donors (Lipinski definition) is 1. The lowest BCUT2D eigenvalue weighted by Gasteiger charge is -2.16. The molecule has 5 heteroatoms. The highest BCUT2D eigenvalue weighted by Gasteiger charge is 2.16. The minimum absolute atomic E-state index is 0.0397. The van der Waals surface area contributed by atoms with Crippen LogP contribution in [0.1, 0.15) is 26.3 Å². The first-order chi connectivity index (χ1) is 9.47. The molecule has 1 rings (SSSR count). The molecule has 20 heavy (non-hydrogen) atoms. The summed E-state index contributed by atoms with van der Waals surface area (Å²) in [6.07, 6.45) is 0.440. The average molecular weight is 281 g/mol. The monoisotopic (exact) mass is 281 g/mol. The predicted molar refractivity (Wildman–Crippen MR) is 77.1 cm³/mol. The van der Waals surface area contributed by atoms with Crippen LogP contribution in [0.4, 0.5) is 0 Å². The number of rotatable bonds is 7. The Morgan fingerprint density at radius 2 is 2.00 bits per heavy atom. The zero-order valence-electron chi connectivity index (χ0n) is 12.5. The van der Waals surface area contributed by atoms with E-state index in [1.54, 1.807) is 14.0 Å². The third-order valence-electron chi connectivity index (χ3n) is 2.64. The molecule has 0 heterocycles. The third kappa shape index (κ3) is 4.74. The summed E-state index contributed by atoms with van der Waals surface area (Å²) >= 11 is 0. The molecule has 5 nitrogen and oxygen atoms in total. The van der Waals surface area contributed by atoms with Gasteiger partial charge in [-0.3, -0.25) is 4.79 Å². The van der Waals surface area contributed by atoms with Crippen molar-refractivity contribution >= 4 is 5.97 Å². The van der Waals surface area contributed by atoms with E-state index in [4.69, 9.17) is 19.9 Å². The molecule has 1 aromatic rings. The van der Waals surface area contributed by atoms with Gasteiger partial charge in [-0.2, -0.15) is 0 Å². The number of carbonyl (C=O) groups is 1. The fourth-order valence-corrected chi connectivity index (χ4v) is 1.78. The Labute approximate surface area is 120 Å². The molecule has 1 unspecified atom stereocenters. The van der Waals surface area contributed by atoms with Gasteiger partial charge in [-0.1, -0.05) is 6.07 Å². The third-order valence-corrected chi connectivity index (χ3v) is 2.64. The Morgan fingerprint density at radius 1 is 1.30 bits per heavy atom. The second kappa shape index (κ2) is 7.75. The number of benzene rings is 1. The Bertz CT molecular complexity index is 445. The number of methoxy groups -OCH3 is 1. The lowest BCUT2D eigenvalue weighted by Crippen LogP contribution is -2.34. The summed E-state index contributed by atoms with van der Waals surface area (Å²) in [6, 6.07) is 4.85. The maximum Gasteiger partial charge on any atom is 0.323 e. The molecular formula is C15H23NO4. The molecule has 0 saturated heterocycles. The largest absolute Gasteiger partial charge is 0.493 e. The minimum Gasteiger partial charge on any atom is -0.493 e. The Kier molecular flexibility index (Phi) is 6.31. The number of esters is 1. The Morgan fingerprint density at radius 3 is 2.55 bits per heavy atom. The normalized spacial score (nSPS) is 12.1. The molecule has 0 spiro atoms. The first kappa shape index (κ1) is 16.3. The van der Waals surface area contributed by atoms with Crippen molar-refractivity contribution in [2.24, 2.45) is 5.73 Å². The van der Waals surface area contributed by atoms with E-state index >= 15 is 0 Å². The van der Waals surface area contributed by atoms with Crippen molar-refractivity contribution in [1.29, 1.82) is 0 Å². The molecule has 0 radical (unpaired) electrons. The lowest BCUT2D eigenvalue weighted by molar-refractivity contribution is -0.144. The maximum absolute atomic E-state index is 11.5. The minimum atomic E-state index is -0.671. The standard InChI is InChI=1S/C15H23NO4/c1-5-19-15(17)12(16)8-11-6-7-13(18-4)14(9-11)20-10(2)3/h6-7,9-10,12H,5,8,16H2,1-4H3. The molecule has 2 N–H and O–H groups in total. The number of ether oxygens (including phenoxy) is 3. The lowest BCUT2D eigenvalue weighted by atomic mass is 10.1. The molecular weight excluding hydrogens is 258 g/mol. The van der Waals surface area contributed by atoms with Gasteiger partial charge in [0.2, 0.25) is 0 Å². The van der Waals surface area contributed by atoms with Gasteiger partial charge < -0.3 is 19.9 Å². The molecule has 0 bridgehead atoms. The topological polar surface area (TPSA) is 70.8 Å². The van der Waals surface area contributed by atoms with Crippen molar-refractivity contribution in [2.75, 3.05) is 13.7 Å². The van der Waals surface area contributed by atoms with Crippen LogP contribution in [0, 0.1) is 0 Å². The zero-order valence-corrected chi connectivity index (χ0v) is 12.5. The summed E-state index contributed by atoms with van der Waals surface area (Å²) in [4.78, 5) is 11.5. The van der Waals surface area contributed by atoms with Crippen molar-refractivity contribution in [3.05, 3.63) is 23.8 Å². The molecule has 0 aromatic heterocycles. The molecule has 0 aliphatic rings. The Hall–Kier alpha value is -1.75. The van der Waals surface area contributed by atoms with Crippen LogP contribution in [0.3, 0.4) is 0 Å². The molecule has 1 atom stereocenters. The molecule has 0 amide bonds. The van der Waals surface area contributed by atoms with Crippen LogP contribution in [0.2, 0.25) is 0 Å². The summed E-state index contributed by atoms with van der Waals surface area (Å²) in [5.74, 6) is 0.915. The Balaban J connectivity index is 2.83. The van der Waals surface area contributed by atoms with Crippen LogP contribution in [0.5, 0.6) is 11.5 Å². The van der Waals surface area contributed by atoms with E-state index < -0.39 is 12.0 Å². The van der Waals surface area contributed by atoms with Crippen molar-refractivity contribution in [1.82, 2.24) is 0 Å². The maximum atomic E-state index is 11.5. The van der Waals surface area contributed by atoms with Gasteiger partial charge in [0.05, 0.1) is 19.8 Å². The van der Waals surface area contributed by atoms with Crippen LogP contribution in [-0.2, 0) is 16.0 Å². The second-order valence-electron chi connectivity index (χ2n) is 4.71. The van der Waals surface area contributed by atoms with Gasteiger partial charge in [-0.25, -0.2) is 0 Å². The van der Waals surface area contributed by atoms with E-state index in [1.807, 2.05) is 32.0 Å². The van der Waals surface area contributed by atoms with Crippen LogP contribution in [0.25, 0.3) is 0 Å². The quantitative estimate of drug-likeness (QED) is 0.773. The molecule has 0 saturated carbocycles. The van der Waals surface area contributed by atoms with Gasteiger partial charge in [0.1, 0.15) is 6.04 Å². The average Bonchev–Trinajstić information content (AvgIpc) is 2.38. The molecule has 1 aromatic carbocycles. The number of hydrogen-bond acceptors (Lipinski definition) is 5. The van der Waals surface area contributed by atoms with Gasteiger partial charge in [0.25, 0.3) is 0 Å². The summed E-state index contributed by atoms with van der Waals surface area (Å²) in [6.45, 7) is 5.97. The summed E-state index contributed by atoms with van der Waals surface area (Å²) in [5, 5.41) is 0. The van der Waals surface area contributed by atoms with E-state index in [1.165, 1.54) is 0 Å². The zero-order chi connectivity index (χ0) is 15.1. The summed E-state index contributed by atoms with van der Waals surface area (Å²) < 4.78 is 15.8. The van der Waals surface area contributed by atoms with Crippen molar-refractivity contribution in [2.45, 2.75) is 39.3 Å². The first-order valence-corrected chi connectivity index (χ1v) is 6.73. The highest BCUT2D eigenvalue weighted by molar-refractivity contribution is 5.75. The smallest absolute Gasteiger partial charge is 0.323 e. The first-order valence-electron chi connectivity index (χ1n) is 6.73. The van der Waals surface area contributed by atoms with Crippen molar-refractivity contribution in [3.63, 3.8) is 0 Å². The van der Waals surface area contributed by atoms with Gasteiger partial charge in [0.15, 0.2) is 11.5 Å². The summed E-state index contributed by atoms with van der Waals surface area (Å²) in [5.41, 5.74) is 6.72. The van der Waals surface area contributed by atoms with Gasteiger partial charge in [-0.05, 0) is 44.9 Å². The van der Waals surface area contributed by atoms with E-state index in [0.717, 1.165) is 5.56 Å². The SMILES string of the molecule is CCOC(=O)C(N)Cc1ccc(OC)c(OC(C)C)c1. The van der Waals surface area contributed by atoms with Crippen LogP contribution < -0.4 is 15.2 Å². The van der Waals surface area contributed by atoms with Crippen LogP contribution >= 0.6 is 0 Å². The van der Waals surface area contributed by atoms with E-state index in [2.05, 4.69) is 0 Å². The summed E-state index contributed by atoms with van der Waals surface area (Å²) in [7, 11) is 1.59. The fourth-order valence-electron chi connectivity index (χ4n) is 1.78. The predicted octanol–water partition coefficient (Wildman–Crippen LogP) is 1.92. The molecule has 0 fully saturated rings. The van der Waals surface area contributed by atoms with Gasteiger partial charge >= 0.3 is 5.97 Å². The molecule has 112 valence electrons. The van der Waals surface area contributed by atoms with E-state index in [0.29, 0.717) is 24.5 Å². The van der Waals surface area contributed by atoms with Crippen LogP contribution in [-0.4, -0.2) is 31.8 Å². The number of nitrogens with two attached hydrogens (primary N) is 1. The van der Waals surface area contributed by atoms with E-state index in [9.17, 15) is 4.79 Å². The molecule has 0 aliphatic carbocycles. The van der Waals surface area contributed by atoms with Crippen molar-refractivity contribution < 1.29 is 19.0 Å². The van der Waals surface area contributed by atoms with Gasteiger partial charge in [0, 0.05) is 0 Å². The second-order valence-corrected chi connectivity index (χ2v) is 4.71. The van der Waals surface area contributed by atoms with E-state index in [-0.39, 0.29) is 6.10 Å². The molecule has 0 aliphatic heterocycles. The fraction of sp³-hybridized carbons (Fsp3) is 0.533. The highest BCUT2D eigenvalue weighted by Crippen LogP contribution is 2.29. The van der Waals surface area contributed by atoms with Crippen molar-refractivity contribution in [3.8, 4) is 11.5 Å². The highest BCUT2D eigenvalue weighted by atomic mass is 16.5.